The molecule has 3 aromatic rings. The number of carboxylic acids is 1. The average molecular weight is 441 g/mol. The summed E-state index contributed by atoms with van der Waals surface area (Å²) in [5, 5.41) is 28.3. The number of rotatable bonds is 6. The number of aromatic hydroxyl groups is 1. The van der Waals surface area contributed by atoms with Gasteiger partial charge in [-0.05, 0) is 65.8 Å². The van der Waals surface area contributed by atoms with E-state index in [1.165, 1.54) is 0 Å². The van der Waals surface area contributed by atoms with Crippen LogP contribution in [0.3, 0.4) is 0 Å². The zero-order valence-corrected chi connectivity index (χ0v) is 18.0. The van der Waals surface area contributed by atoms with Gasteiger partial charge in [-0.3, -0.25) is 4.79 Å². The van der Waals surface area contributed by atoms with Crippen LogP contribution in [0.15, 0.2) is 54.6 Å². The third kappa shape index (κ3) is 4.10. The summed E-state index contributed by atoms with van der Waals surface area (Å²) in [4.78, 5) is 11.1. The van der Waals surface area contributed by atoms with Crippen LogP contribution >= 0.6 is 0 Å². The first-order chi connectivity index (χ1) is 16.0. The van der Waals surface area contributed by atoms with Gasteiger partial charge in [0.1, 0.15) is 23.4 Å². The summed E-state index contributed by atoms with van der Waals surface area (Å²) in [6.07, 6.45) is 2.18. The summed E-state index contributed by atoms with van der Waals surface area (Å²) in [5.74, 6) is 0.625. The van der Waals surface area contributed by atoms with Gasteiger partial charge in [-0.2, -0.15) is 5.26 Å². The molecule has 1 heterocycles. The number of phenolic OH excluding ortho intramolecular Hbond substituents is 1. The Hall–Kier alpha value is -3.98. The summed E-state index contributed by atoms with van der Waals surface area (Å²) in [6, 6.07) is 18.9. The normalized spacial score (nSPS) is 18.2. The number of nitriles is 1. The van der Waals surface area contributed by atoms with Gasteiger partial charge in [0.2, 0.25) is 0 Å². The molecule has 2 unspecified atom stereocenters. The summed E-state index contributed by atoms with van der Waals surface area (Å²) < 4.78 is 12.0. The molecule has 0 saturated heterocycles. The molecule has 2 N–H and O–H groups in total. The second-order valence-electron chi connectivity index (χ2n) is 8.57. The largest absolute Gasteiger partial charge is 0.508 e. The van der Waals surface area contributed by atoms with E-state index in [4.69, 9.17) is 14.6 Å². The van der Waals surface area contributed by atoms with E-state index in [1.54, 1.807) is 12.1 Å². The lowest BCUT2D eigenvalue weighted by molar-refractivity contribution is -0.137. The van der Waals surface area contributed by atoms with E-state index in [0.29, 0.717) is 30.1 Å². The fraction of sp³-hybridized carbons (Fsp3) is 0.259. The number of fused-ring (bicyclic) bond motifs is 2. The molecule has 1 aliphatic carbocycles. The van der Waals surface area contributed by atoms with Gasteiger partial charge < -0.3 is 19.7 Å². The highest BCUT2D eigenvalue weighted by Gasteiger charge is 2.30. The maximum atomic E-state index is 11.1. The molecule has 0 aromatic heterocycles. The topological polar surface area (TPSA) is 99.8 Å². The van der Waals surface area contributed by atoms with Crippen LogP contribution in [-0.4, -0.2) is 22.8 Å². The Kier molecular flexibility index (Phi) is 5.39. The number of carbonyl (C=O) groups is 1. The number of benzene rings is 3. The van der Waals surface area contributed by atoms with Crippen molar-refractivity contribution in [3.05, 3.63) is 88.0 Å². The molecule has 0 amide bonds. The zero-order chi connectivity index (χ0) is 22.9. The number of ether oxygens (including phenoxy) is 2. The fourth-order valence-electron chi connectivity index (χ4n) is 4.86. The molecule has 0 bridgehead atoms. The first-order valence-corrected chi connectivity index (χ1v) is 11.0. The molecule has 1 aliphatic heterocycles. The van der Waals surface area contributed by atoms with Crippen LogP contribution in [0.2, 0.25) is 0 Å². The number of hydrogen-bond donors (Lipinski definition) is 2. The standard InChI is InChI=1S/C27H23NO5/c28-14-17-3-7-23-22(24(17)11-16-1-4-19(29)5-2-16)9-10-25(23)33-20-6-8-21-18(12-27(30)31)15-32-26(21)13-20/h1-8,13,18,25,29H,9-12,15H2,(H,30,31). The maximum absolute atomic E-state index is 11.1. The minimum absolute atomic E-state index is 0.0498. The summed E-state index contributed by atoms with van der Waals surface area (Å²) in [5.41, 5.74) is 5.87. The number of carboxylic acid groups (broad SMARTS) is 1. The number of hydrogen-bond acceptors (Lipinski definition) is 5. The summed E-state index contributed by atoms with van der Waals surface area (Å²) in [6.45, 7) is 0.370. The second kappa shape index (κ2) is 8.51. The Morgan fingerprint density at radius 2 is 1.91 bits per heavy atom. The molecule has 166 valence electrons. The van der Waals surface area contributed by atoms with Crippen LogP contribution in [0.25, 0.3) is 0 Å². The number of aliphatic carboxylic acids is 1. The van der Waals surface area contributed by atoms with Crippen molar-refractivity contribution in [2.45, 2.75) is 37.7 Å². The zero-order valence-electron chi connectivity index (χ0n) is 18.0. The molecular weight excluding hydrogens is 418 g/mol. The molecule has 6 nitrogen and oxygen atoms in total. The molecule has 33 heavy (non-hydrogen) atoms. The monoisotopic (exact) mass is 441 g/mol. The molecule has 3 aromatic carbocycles. The predicted molar refractivity (Wildman–Crippen MR) is 121 cm³/mol. The lowest BCUT2D eigenvalue weighted by Crippen LogP contribution is -2.07. The molecule has 0 spiro atoms. The van der Waals surface area contributed by atoms with E-state index in [2.05, 4.69) is 6.07 Å². The van der Waals surface area contributed by atoms with Crippen molar-refractivity contribution in [3.63, 3.8) is 0 Å². The Labute approximate surface area is 191 Å². The lowest BCUT2D eigenvalue weighted by atomic mass is 9.92. The highest BCUT2D eigenvalue weighted by molar-refractivity contribution is 5.68. The molecule has 6 heteroatoms. The lowest BCUT2D eigenvalue weighted by Gasteiger charge is -2.17. The van der Waals surface area contributed by atoms with E-state index in [0.717, 1.165) is 40.7 Å². The van der Waals surface area contributed by atoms with Crippen LogP contribution in [-0.2, 0) is 17.6 Å². The van der Waals surface area contributed by atoms with Gasteiger partial charge in [0, 0.05) is 17.5 Å². The molecule has 2 atom stereocenters. The van der Waals surface area contributed by atoms with Crippen LogP contribution in [0, 0.1) is 11.3 Å². The van der Waals surface area contributed by atoms with Crippen molar-refractivity contribution in [2.24, 2.45) is 0 Å². The summed E-state index contributed by atoms with van der Waals surface area (Å²) >= 11 is 0. The van der Waals surface area contributed by atoms with Crippen LogP contribution in [0.4, 0.5) is 0 Å². The van der Waals surface area contributed by atoms with Crippen LogP contribution in [0.1, 0.15) is 58.2 Å². The van der Waals surface area contributed by atoms with E-state index in [-0.39, 0.29) is 24.2 Å². The minimum Gasteiger partial charge on any atom is -0.508 e. The molecule has 0 saturated carbocycles. The Bertz CT molecular complexity index is 1260. The highest BCUT2D eigenvalue weighted by atomic mass is 16.5. The Morgan fingerprint density at radius 3 is 2.67 bits per heavy atom. The van der Waals surface area contributed by atoms with Crippen molar-refractivity contribution in [3.8, 4) is 23.3 Å². The molecular formula is C27H23NO5. The van der Waals surface area contributed by atoms with Gasteiger partial charge >= 0.3 is 5.97 Å². The third-order valence-corrected chi connectivity index (χ3v) is 6.47. The highest BCUT2D eigenvalue weighted by Crippen LogP contribution is 2.42. The van der Waals surface area contributed by atoms with E-state index in [1.807, 2.05) is 42.5 Å². The van der Waals surface area contributed by atoms with Crippen molar-refractivity contribution in [1.29, 1.82) is 5.26 Å². The van der Waals surface area contributed by atoms with Crippen LogP contribution < -0.4 is 9.47 Å². The van der Waals surface area contributed by atoms with Gasteiger partial charge in [-0.1, -0.05) is 24.3 Å². The predicted octanol–water partition coefficient (Wildman–Crippen LogP) is 4.87. The number of phenols is 1. The summed E-state index contributed by atoms with van der Waals surface area (Å²) in [7, 11) is 0. The Balaban J connectivity index is 1.39. The first-order valence-electron chi connectivity index (χ1n) is 11.0. The first kappa shape index (κ1) is 20.9. The van der Waals surface area contributed by atoms with Gasteiger partial charge in [0.05, 0.1) is 24.7 Å². The SMILES string of the molecule is N#Cc1ccc2c(c1Cc1ccc(O)cc1)CCC2Oc1ccc2c(c1)OCC2CC(=O)O. The van der Waals surface area contributed by atoms with Gasteiger partial charge in [0.15, 0.2) is 0 Å². The van der Waals surface area contributed by atoms with Crippen molar-refractivity contribution < 1.29 is 24.5 Å². The van der Waals surface area contributed by atoms with Crippen molar-refractivity contribution in [2.75, 3.05) is 6.61 Å². The van der Waals surface area contributed by atoms with Gasteiger partial charge in [-0.25, -0.2) is 0 Å². The molecule has 0 fully saturated rings. The smallest absolute Gasteiger partial charge is 0.304 e. The quantitative estimate of drug-likeness (QED) is 0.566. The van der Waals surface area contributed by atoms with Crippen molar-refractivity contribution >= 4 is 5.97 Å². The van der Waals surface area contributed by atoms with Gasteiger partial charge in [-0.15, -0.1) is 0 Å². The van der Waals surface area contributed by atoms with Crippen molar-refractivity contribution in [1.82, 2.24) is 0 Å². The average Bonchev–Trinajstić information content (AvgIpc) is 3.39. The van der Waals surface area contributed by atoms with Crippen LogP contribution in [0.5, 0.6) is 17.2 Å². The van der Waals surface area contributed by atoms with E-state index >= 15 is 0 Å². The molecule has 0 radical (unpaired) electrons. The van der Waals surface area contributed by atoms with E-state index < -0.39 is 5.97 Å². The fourth-order valence-corrected chi connectivity index (χ4v) is 4.86. The minimum atomic E-state index is -0.834. The molecule has 5 rings (SSSR count). The maximum Gasteiger partial charge on any atom is 0.304 e. The molecule has 2 aliphatic rings. The second-order valence-corrected chi connectivity index (χ2v) is 8.57. The van der Waals surface area contributed by atoms with E-state index in [9.17, 15) is 15.2 Å². The Morgan fingerprint density at radius 1 is 1.12 bits per heavy atom. The van der Waals surface area contributed by atoms with Gasteiger partial charge in [0.25, 0.3) is 0 Å². The number of nitrogens with zero attached hydrogens (tertiary/aromatic N) is 1. The third-order valence-electron chi connectivity index (χ3n) is 6.47.